The van der Waals surface area contributed by atoms with E-state index in [9.17, 15) is 9.90 Å². The zero-order chi connectivity index (χ0) is 8.93. The highest BCUT2D eigenvalue weighted by Crippen LogP contribution is 2.40. The van der Waals surface area contributed by atoms with Crippen molar-refractivity contribution in [1.29, 1.82) is 0 Å². The van der Waals surface area contributed by atoms with E-state index in [1.807, 2.05) is 0 Å². The van der Waals surface area contributed by atoms with Gasteiger partial charge in [-0.2, -0.15) is 0 Å². The quantitative estimate of drug-likeness (QED) is 0.337. The summed E-state index contributed by atoms with van der Waals surface area (Å²) >= 11 is 0. The molecule has 2 aliphatic heterocycles. The summed E-state index contributed by atoms with van der Waals surface area (Å²) < 4.78 is 9.68. The van der Waals surface area contributed by atoms with Gasteiger partial charge in [0.15, 0.2) is 6.10 Å². The summed E-state index contributed by atoms with van der Waals surface area (Å²) in [5.41, 5.74) is 0.406. The highest BCUT2D eigenvalue weighted by molar-refractivity contribution is 5.90. The van der Waals surface area contributed by atoms with E-state index >= 15 is 0 Å². The van der Waals surface area contributed by atoms with Crippen LogP contribution in [-0.2, 0) is 14.3 Å². The van der Waals surface area contributed by atoms with Crippen LogP contribution in [0.15, 0.2) is 12.2 Å². The van der Waals surface area contributed by atoms with Crippen LogP contribution < -0.4 is 0 Å². The molecule has 2 saturated heterocycles. The maximum absolute atomic E-state index is 11.0. The van der Waals surface area contributed by atoms with Gasteiger partial charge in [0.1, 0.15) is 6.61 Å². The van der Waals surface area contributed by atoms with Gasteiger partial charge in [-0.3, -0.25) is 0 Å². The molecule has 0 aromatic carbocycles. The average Bonchev–Trinajstić information content (AvgIpc) is 2.71. The summed E-state index contributed by atoms with van der Waals surface area (Å²) in [6.07, 6.45) is -0.572. The number of hydrogen-bond acceptors (Lipinski definition) is 4. The third kappa shape index (κ3) is 0.884. The van der Waals surface area contributed by atoms with Crippen LogP contribution in [0.3, 0.4) is 0 Å². The molecule has 0 bridgehead atoms. The van der Waals surface area contributed by atoms with Gasteiger partial charge in [0.25, 0.3) is 0 Å². The van der Waals surface area contributed by atoms with Crippen molar-refractivity contribution in [2.45, 2.75) is 18.8 Å². The zero-order valence-electron chi connectivity index (χ0n) is 6.74. The Morgan fingerprint density at radius 2 is 2.33 bits per heavy atom. The molecule has 2 rings (SSSR count). The number of hydrogen-bond donors (Lipinski definition) is 1. The molecule has 4 nitrogen and oxygen atoms in total. The largest absolute Gasteiger partial charge is 0.453 e. The molecule has 0 aromatic heterocycles. The molecule has 12 heavy (non-hydrogen) atoms. The number of esters is 1. The average molecular weight is 170 g/mol. The number of aliphatic hydroxyl groups is 1. The number of carbonyl (C=O) groups excluding carboxylic acids is 1. The third-order valence-electron chi connectivity index (χ3n) is 2.38. The summed E-state index contributed by atoms with van der Waals surface area (Å²) in [4.78, 5) is 11.0. The Kier molecular flexibility index (Phi) is 1.35. The Labute approximate surface area is 69.8 Å². The first-order valence-electron chi connectivity index (χ1n) is 3.81. The molecule has 0 aromatic rings. The lowest BCUT2D eigenvalue weighted by Crippen LogP contribution is -2.33. The van der Waals surface area contributed by atoms with E-state index < -0.39 is 17.9 Å². The predicted molar refractivity (Wildman–Crippen MR) is 39.1 cm³/mol. The van der Waals surface area contributed by atoms with Crippen LogP contribution in [0, 0.1) is 5.92 Å². The van der Waals surface area contributed by atoms with Crippen molar-refractivity contribution in [3.8, 4) is 0 Å². The highest BCUT2D eigenvalue weighted by Gasteiger charge is 2.58. The maximum atomic E-state index is 11.0. The van der Waals surface area contributed by atoms with Crippen LogP contribution in [0.5, 0.6) is 0 Å². The minimum Gasteiger partial charge on any atom is -0.453 e. The number of epoxide rings is 1. The Morgan fingerprint density at radius 3 is 2.67 bits per heavy atom. The predicted octanol–water partition coefficient (Wildman–Crippen LogP) is -0.177. The van der Waals surface area contributed by atoms with E-state index in [4.69, 9.17) is 9.47 Å². The lowest BCUT2D eigenvalue weighted by molar-refractivity contribution is -0.152. The minimum absolute atomic E-state index is 0.162. The number of ether oxygens (including phenoxy) is 2. The summed E-state index contributed by atoms with van der Waals surface area (Å²) in [5.74, 6) is -1.84. The number of cyclic esters (lactones) is 1. The Balaban J connectivity index is 2.20. The molecule has 2 unspecified atom stereocenters. The van der Waals surface area contributed by atoms with Gasteiger partial charge in [-0.15, -0.1) is 0 Å². The van der Waals surface area contributed by atoms with Gasteiger partial charge in [-0.25, -0.2) is 4.79 Å². The molecule has 0 saturated carbocycles. The first-order chi connectivity index (χ1) is 5.54. The van der Waals surface area contributed by atoms with Crippen LogP contribution in [0.2, 0.25) is 0 Å². The van der Waals surface area contributed by atoms with Gasteiger partial charge in [0.2, 0.25) is 5.79 Å². The van der Waals surface area contributed by atoms with E-state index in [1.54, 1.807) is 6.92 Å². The second-order valence-electron chi connectivity index (χ2n) is 3.27. The molecule has 4 heteroatoms. The fourth-order valence-electron chi connectivity index (χ4n) is 1.38. The van der Waals surface area contributed by atoms with E-state index in [1.165, 1.54) is 0 Å². The topological polar surface area (TPSA) is 59.1 Å². The fourth-order valence-corrected chi connectivity index (χ4v) is 1.38. The van der Waals surface area contributed by atoms with Crippen molar-refractivity contribution in [3.05, 3.63) is 12.2 Å². The smallest absolute Gasteiger partial charge is 0.334 e. The molecule has 2 heterocycles. The summed E-state index contributed by atoms with van der Waals surface area (Å²) in [7, 11) is 0. The molecule has 0 spiro atoms. The molecule has 1 N–H and O–H groups in total. The molecule has 0 amide bonds. The zero-order valence-corrected chi connectivity index (χ0v) is 6.74. The second-order valence-corrected chi connectivity index (χ2v) is 3.27. The van der Waals surface area contributed by atoms with Gasteiger partial charge >= 0.3 is 5.97 Å². The molecule has 2 fully saturated rings. The first kappa shape index (κ1) is 7.76. The third-order valence-corrected chi connectivity index (χ3v) is 2.38. The van der Waals surface area contributed by atoms with Crippen molar-refractivity contribution < 1.29 is 19.4 Å². The van der Waals surface area contributed by atoms with E-state index in [2.05, 4.69) is 6.58 Å². The highest BCUT2D eigenvalue weighted by atomic mass is 16.7. The Morgan fingerprint density at radius 1 is 1.75 bits per heavy atom. The molecular weight excluding hydrogens is 160 g/mol. The molecule has 2 aliphatic rings. The van der Waals surface area contributed by atoms with Gasteiger partial charge in [0.05, 0.1) is 0 Å². The first-order valence-corrected chi connectivity index (χ1v) is 3.81. The minimum atomic E-state index is -1.24. The van der Waals surface area contributed by atoms with Crippen molar-refractivity contribution in [3.63, 3.8) is 0 Å². The summed E-state index contributed by atoms with van der Waals surface area (Å²) in [5, 5.41) is 9.49. The second kappa shape index (κ2) is 2.08. The lowest BCUT2D eigenvalue weighted by Gasteiger charge is -2.15. The van der Waals surface area contributed by atoms with Gasteiger partial charge in [0, 0.05) is 11.5 Å². The van der Waals surface area contributed by atoms with E-state index in [0.29, 0.717) is 5.57 Å². The number of carbonyl (C=O) groups is 1. The van der Waals surface area contributed by atoms with Crippen molar-refractivity contribution >= 4 is 5.97 Å². The summed E-state index contributed by atoms with van der Waals surface area (Å²) in [6, 6.07) is 0. The molecule has 66 valence electrons. The number of rotatable bonds is 1. The van der Waals surface area contributed by atoms with E-state index in [0.717, 1.165) is 0 Å². The van der Waals surface area contributed by atoms with Gasteiger partial charge in [-0.1, -0.05) is 13.5 Å². The summed E-state index contributed by atoms with van der Waals surface area (Å²) in [6.45, 7) is 5.59. The van der Waals surface area contributed by atoms with Gasteiger partial charge in [-0.05, 0) is 0 Å². The van der Waals surface area contributed by atoms with Crippen molar-refractivity contribution in [2.75, 3.05) is 6.61 Å². The van der Waals surface area contributed by atoms with Crippen LogP contribution in [0.4, 0.5) is 0 Å². The fraction of sp³-hybridized carbons (Fsp3) is 0.625. The van der Waals surface area contributed by atoms with Crippen molar-refractivity contribution in [1.82, 2.24) is 0 Å². The van der Waals surface area contributed by atoms with Crippen LogP contribution in [-0.4, -0.2) is 29.6 Å². The maximum Gasteiger partial charge on any atom is 0.334 e. The van der Waals surface area contributed by atoms with E-state index in [-0.39, 0.29) is 12.5 Å². The van der Waals surface area contributed by atoms with Crippen LogP contribution in [0.1, 0.15) is 6.92 Å². The monoisotopic (exact) mass is 170 g/mol. The Hall–Kier alpha value is -0.870. The standard InChI is InChI=1S/C8H10O4/c1-4-5(2)7(9)12-6(4)8(10)3-11-8/h4,6,10H,2-3H2,1H3/t4-,6?,8?/m0/s1. The normalized spacial score (nSPS) is 46.2. The SMILES string of the molecule is C=C1C(=O)OC(C2(O)CO2)[C@H]1C. The van der Waals surface area contributed by atoms with Crippen LogP contribution in [0.25, 0.3) is 0 Å². The Bertz CT molecular complexity index is 254. The molecule has 0 radical (unpaired) electrons. The molecule has 0 aliphatic carbocycles. The van der Waals surface area contributed by atoms with Crippen molar-refractivity contribution in [2.24, 2.45) is 5.92 Å². The molecular formula is C8H10O4. The molecule has 3 atom stereocenters. The van der Waals surface area contributed by atoms with Gasteiger partial charge < -0.3 is 14.6 Å². The lowest BCUT2D eigenvalue weighted by atomic mass is 9.96. The van der Waals surface area contributed by atoms with Crippen LogP contribution >= 0.6 is 0 Å².